The van der Waals surface area contributed by atoms with Crippen LogP contribution in [0.3, 0.4) is 0 Å². The first-order valence-electron chi connectivity index (χ1n) is 6.79. The van der Waals surface area contributed by atoms with E-state index in [4.69, 9.17) is 4.52 Å². The fourth-order valence-corrected chi connectivity index (χ4v) is 1.89. The number of nitrogens with zero attached hydrogens (tertiary/aromatic N) is 1. The standard InChI is InChI=1S/C16H20N2O2/c1-5-16(3,4)17-15(19)13-11(2)20-18-14(13)12-9-7-6-8-10-12/h6-10H,5H2,1-4H3,(H,17,19). The van der Waals surface area contributed by atoms with Gasteiger partial charge in [0.05, 0.1) is 0 Å². The lowest BCUT2D eigenvalue weighted by Gasteiger charge is -2.24. The number of hydrogen-bond donors (Lipinski definition) is 1. The first-order chi connectivity index (χ1) is 9.44. The zero-order chi connectivity index (χ0) is 14.8. The number of hydrogen-bond acceptors (Lipinski definition) is 3. The Morgan fingerprint density at radius 2 is 1.95 bits per heavy atom. The van der Waals surface area contributed by atoms with Gasteiger partial charge in [-0.1, -0.05) is 42.4 Å². The fourth-order valence-electron chi connectivity index (χ4n) is 1.89. The van der Waals surface area contributed by atoms with E-state index >= 15 is 0 Å². The second-order valence-corrected chi connectivity index (χ2v) is 5.52. The van der Waals surface area contributed by atoms with Crippen LogP contribution in [0.4, 0.5) is 0 Å². The number of carbonyl (C=O) groups is 1. The van der Waals surface area contributed by atoms with Crippen molar-refractivity contribution in [3.05, 3.63) is 41.7 Å². The number of aryl methyl sites for hydroxylation is 1. The number of nitrogens with one attached hydrogen (secondary N) is 1. The smallest absolute Gasteiger partial charge is 0.257 e. The van der Waals surface area contributed by atoms with E-state index in [-0.39, 0.29) is 11.4 Å². The van der Waals surface area contributed by atoms with Gasteiger partial charge in [-0.25, -0.2) is 0 Å². The molecule has 0 bridgehead atoms. The lowest BCUT2D eigenvalue weighted by Crippen LogP contribution is -2.43. The second-order valence-electron chi connectivity index (χ2n) is 5.52. The Hall–Kier alpha value is -2.10. The highest BCUT2D eigenvalue weighted by Crippen LogP contribution is 2.25. The van der Waals surface area contributed by atoms with Crippen LogP contribution in [0.5, 0.6) is 0 Å². The van der Waals surface area contributed by atoms with Crippen molar-refractivity contribution in [1.29, 1.82) is 0 Å². The molecule has 0 fully saturated rings. The van der Waals surface area contributed by atoms with Crippen LogP contribution in [0, 0.1) is 6.92 Å². The molecule has 2 rings (SSSR count). The summed E-state index contributed by atoms with van der Waals surface area (Å²) in [5.74, 6) is 0.391. The quantitative estimate of drug-likeness (QED) is 0.925. The van der Waals surface area contributed by atoms with E-state index in [1.165, 1.54) is 0 Å². The third kappa shape index (κ3) is 2.90. The maximum absolute atomic E-state index is 12.5. The molecule has 1 aromatic heterocycles. The summed E-state index contributed by atoms with van der Waals surface area (Å²) in [6.45, 7) is 7.79. The van der Waals surface area contributed by atoms with Gasteiger partial charge in [0.15, 0.2) is 0 Å². The molecule has 4 nitrogen and oxygen atoms in total. The first-order valence-corrected chi connectivity index (χ1v) is 6.79. The summed E-state index contributed by atoms with van der Waals surface area (Å²) in [6, 6.07) is 9.59. The summed E-state index contributed by atoms with van der Waals surface area (Å²) in [5.41, 5.74) is 1.73. The molecule has 1 heterocycles. The Morgan fingerprint density at radius 1 is 1.30 bits per heavy atom. The fraction of sp³-hybridized carbons (Fsp3) is 0.375. The van der Waals surface area contributed by atoms with Gasteiger partial charge in [-0.2, -0.15) is 0 Å². The predicted octanol–water partition coefficient (Wildman–Crippen LogP) is 3.57. The van der Waals surface area contributed by atoms with Crippen LogP contribution in [0.2, 0.25) is 0 Å². The molecule has 0 aliphatic heterocycles. The molecule has 0 aliphatic rings. The Labute approximate surface area is 119 Å². The number of carbonyl (C=O) groups excluding carboxylic acids is 1. The minimum Gasteiger partial charge on any atom is -0.360 e. The molecule has 1 N–H and O–H groups in total. The molecule has 20 heavy (non-hydrogen) atoms. The number of amides is 1. The zero-order valence-electron chi connectivity index (χ0n) is 12.4. The van der Waals surface area contributed by atoms with Crippen molar-refractivity contribution < 1.29 is 9.32 Å². The monoisotopic (exact) mass is 272 g/mol. The van der Waals surface area contributed by atoms with Gasteiger partial charge in [-0.05, 0) is 27.2 Å². The average Bonchev–Trinajstić information content (AvgIpc) is 2.81. The van der Waals surface area contributed by atoms with Gasteiger partial charge >= 0.3 is 0 Å². The van der Waals surface area contributed by atoms with Crippen molar-refractivity contribution in [2.24, 2.45) is 0 Å². The van der Waals surface area contributed by atoms with E-state index in [9.17, 15) is 4.79 Å². The van der Waals surface area contributed by atoms with Crippen molar-refractivity contribution in [3.8, 4) is 11.3 Å². The van der Waals surface area contributed by atoms with Gasteiger partial charge < -0.3 is 9.84 Å². The molecule has 0 radical (unpaired) electrons. The molecule has 0 saturated carbocycles. The highest BCUT2D eigenvalue weighted by atomic mass is 16.5. The first kappa shape index (κ1) is 14.3. The van der Waals surface area contributed by atoms with Crippen LogP contribution in [-0.2, 0) is 0 Å². The Bertz CT molecular complexity index is 600. The summed E-state index contributed by atoms with van der Waals surface area (Å²) >= 11 is 0. The Balaban J connectivity index is 2.38. The summed E-state index contributed by atoms with van der Waals surface area (Å²) in [7, 11) is 0. The van der Waals surface area contributed by atoms with Crippen LogP contribution >= 0.6 is 0 Å². The molecular formula is C16H20N2O2. The number of benzene rings is 1. The third-order valence-electron chi connectivity index (χ3n) is 3.47. The van der Waals surface area contributed by atoms with Gasteiger partial charge in [0, 0.05) is 11.1 Å². The molecule has 0 unspecified atom stereocenters. The minimum atomic E-state index is -0.255. The molecule has 0 atom stereocenters. The molecule has 4 heteroatoms. The van der Waals surface area contributed by atoms with E-state index in [1.54, 1.807) is 6.92 Å². The van der Waals surface area contributed by atoms with Crippen molar-refractivity contribution >= 4 is 5.91 Å². The van der Waals surface area contributed by atoms with Crippen molar-refractivity contribution in [2.75, 3.05) is 0 Å². The predicted molar refractivity (Wildman–Crippen MR) is 78.5 cm³/mol. The summed E-state index contributed by atoms with van der Waals surface area (Å²) in [5, 5.41) is 7.05. The highest BCUT2D eigenvalue weighted by Gasteiger charge is 2.25. The van der Waals surface area contributed by atoms with Gasteiger partial charge in [0.1, 0.15) is 17.0 Å². The lowest BCUT2D eigenvalue weighted by atomic mass is 10.00. The molecule has 0 saturated heterocycles. The van der Waals surface area contributed by atoms with Crippen molar-refractivity contribution in [2.45, 2.75) is 39.7 Å². The van der Waals surface area contributed by atoms with Crippen LogP contribution in [0.1, 0.15) is 43.3 Å². The molecule has 106 valence electrons. The minimum absolute atomic E-state index is 0.144. The third-order valence-corrected chi connectivity index (χ3v) is 3.47. The van der Waals surface area contributed by atoms with Crippen molar-refractivity contribution in [1.82, 2.24) is 10.5 Å². The molecule has 0 aliphatic carbocycles. The summed E-state index contributed by atoms with van der Waals surface area (Å²) in [6.07, 6.45) is 0.851. The summed E-state index contributed by atoms with van der Waals surface area (Å²) in [4.78, 5) is 12.5. The maximum atomic E-state index is 12.5. The van der Waals surface area contributed by atoms with Crippen LogP contribution in [0.25, 0.3) is 11.3 Å². The van der Waals surface area contributed by atoms with Gasteiger partial charge in [-0.3, -0.25) is 4.79 Å². The SMILES string of the molecule is CCC(C)(C)NC(=O)c1c(-c2ccccc2)noc1C. The van der Waals surface area contributed by atoms with E-state index < -0.39 is 0 Å². The highest BCUT2D eigenvalue weighted by molar-refractivity contribution is 6.01. The molecule has 0 spiro atoms. The van der Waals surface area contributed by atoms with Gasteiger partial charge in [0.25, 0.3) is 5.91 Å². The molecule has 1 aromatic carbocycles. The average molecular weight is 272 g/mol. The van der Waals surface area contributed by atoms with Crippen LogP contribution < -0.4 is 5.32 Å². The number of rotatable bonds is 4. The molecule has 1 amide bonds. The lowest BCUT2D eigenvalue weighted by molar-refractivity contribution is 0.0910. The Morgan fingerprint density at radius 3 is 2.55 bits per heavy atom. The van der Waals surface area contributed by atoms with Gasteiger partial charge in [-0.15, -0.1) is 0 Å². The van der Waals surface area contributed by atoms with Crippen LogP contribution in [-0.4, -0.2) is 16.6 Å². The topological polar surface area (TPSA) is 55.1 Å². The van der Waals surface area contributed by atoms with E-state index in [0.29, 0.717) is 17.0 Å². The second kappa shape index (κ2) is 5.49. The summed E-state index contributed by atoms with van der Waals surface area (Å²) < 4.78 is 5.21. The van der Waals surface area contributed by atoms with Crippen LogP contribution in [0.15, 0.2) is 34.9 Å². The zero-order valence-corrected chi connectivity index (χ0v) is 12.4. The molecule has 2 aromatic rings. The largest absolute Gasteiger partial charge is 0.360 e. The van der Waals surface area contributed by atoms with Crippen molar-refractivity contribution in [3.63, 3.8) is 0 Å². The van der Waals surface area contributed by atoms with E-state index in [2.05, 4.69) is 10.5 Å². The molecular weight excluding hydrogens is 252 g/mol. The Kier molecular flexibility index (Phi) is 3.93. The van der Waals surface area contributed by atoms with E-state index in [1.807, 2.05) is 51.1 Å². The van der Waals surface area contributed by atoms with Gasteiger partial charge in [0.2, 0.25) is 0 Å². The normalized spacial score (nSPS) is 11.4. The maximum Gasteiger partial charge on any atom is 0.257 e. The van der Waals surface area contributed by atoms with E-state index in [0.717, 1.165) is 12.0 Å². The number of aromatic nitrogens is 1.